The summed E-state index contributed by atoms with van der Waals surface area (Å²) in [5, 5.41) is 7.21. The van der Waals surface area contributed by atoms with Crippen molar-refractivity contribution in [3.8, 4) is 5.75 Å². The third-order valence-corrected chi connectivity index (χ3v) is 4.87. The molecule has 1 saturated carbocycles. The molecule has 1 heterocycles. The van der Waals surface area contributed by atoms with E-state index in [0.717, 1.165) is 26.3 Å². The fourth-order valence-electron chi connectivity index (χ4n) is 3.70. The molecule has 1 aromatic carbocycles. The first-order chi connectivity index (χ1) is 11.2. The molecule has 4 unspecified atom stereocenters. The van der Waals surface area contributed by atoms with Gasteiger partial charge in [0.25, 0.3) is 0 Å². The molecule has 23 heavy (non-hydrogen) atoms. The van der Waals surface area contributed by atoms with Crippen LogP contribution in [0.1, 0.15) is 26.2 Å². The van der Waals surface area contributed by atoms with Gasteiger partial charge in [0.1, 0.15) is 6.10 Å². The topological polar surface area (TPSA) is 42.5 Å². The standard InChI is InChI=1S/C18H27FN2O2/c1-13(23-18-8-3-2-6-15(18)19)11-21-16-7-4-5-14(16)17-12-22-10-9-20-17/h2-3,6,8,13-14,16-17,20-21H,4-5,7,9-12H2,1H3. The van der Waals surface area contributed by atoms with Gasteiger partial charge < -0.3 is 20.1 Å². The highest BCUT2D eigenvalue weighted by molar-refractivity contribution is 5.23. The Morgan fingerprint density at radius 3 is 3.04 bits per heavy atom. The molecule has 2 aliphatic rings. The minimum Gasteiger partial charge on any atom is -0.486 e. The molecule has 0 spiro atoms. The predicted octanol–water partition coefficient (Wildman–Crippen LogP) is 2.34. The smallest absolute Gasteiger partial charge is 0.165 e. The summed E-state index contributed by atoms with van der Waals surface area (Å²) in [5.74, 6) is 0.629. The molecule has 0 amide bonds. The lowest BCUT2D eigenvalue weighted by molar-refractivity contribution is 0.0517. The van der Waals surface area contributed by atoms with E-state index in [1.807, 2.05) is 6.92 Å². The Balaban J connectivity index is 1.48. The van der Waals surface area contributed by atoms with Crippen LogP contribution in [-0.2, 0) is 4.74 Å². The minimum atomic E-state index is -0.304. The highest BCUT2D eigenvalue weighted by atomic mass is 19.1. The van der Waals surface area contributed by atoms with Gasteiger partial charge in [0.15, 0.2) is 11.6 Å². The minimum absolute atomic E-state index is 0.0660. The van der Waals surface area contributed by atoms with Crippen LogP contribution in [0.3, 0.4) is 0 Å². The van der Waals surface area contributed by atoms with E-state index >= 15 is 0 Å². The number of rotatable bonds is 6. The lowest BCUT2D eigenvalue weighted by Gasteiger charge is -2.33. The average molecular weight is 322 g/mol. The molecule has 5 heteroatoms. The van der Waals surface area contributed by atoms with Crippen LogP contribution in [0.15, 0.2) is 24.3 Å². The molecule has 1 aliphatic heterocycles. The first-order valence-corrected chi connectivity index (χ1v) is 8.69. The Morgan fingerprint density at radius 2 is 2.26 bits per heavy atom. The monoisotopic (exact) mass is 322 g/mol. The highest BCUT2D eigenvalue weighted by Crippen LogP contribution is 2.29. The van der Waals surface area contributed by atoms with Crippen molar-refractivity contribution in [2.75, 3.05) is 26.3 Å². The van der Waals surface area contributed by atoms with Crippen molar-refractivity contribution >= 4 is 0 Å². The SMILES string of the molecule is CC(CNC1CCCC1C1COCCN1)Oc1ccccc1F. The van der Waals surface area contributed by atoms with E-state index in [1.54, 1.807) is 18.2 Å². The molecule has 0 aromatic heterocycles. The number of hydrogen-bond acceptors (Lipinski definition) is 4. The van der Waals surface area contributed by atoms with Crippen LogP contribution in [0.25, 0.3) is 0 Å². The predicted molar refractivity (Wildman–Crippen MR) is 88.2 cm³/mol. The Hall–Kier alpha value is -1.17. The molecule has 0 bridgehead atoms. The van der Waals surface area contributed by atoms with Crippen LogP contribution >= 0.6 is 0 Å². The van der Waals surface area contributed by atoms with Crippen molar-refractivity contribution in [1.29, 1.82) is 0 Å². The maximum atomic E-state index is 13.6. The third-order valence-electron chi connectivity index (χ3n) is 4.87. The van der Waals surface area contributed by atoms with Crippen molar-refractivity contribution in [3.63, 3.8) is 0 Å². The first kappa shape index (κ1) is 16.7. The largest absolute Gasteiger partial charge is 0.486 e. The molecule has 2 N–H and O–H groups in total. The summed E-state index contributed by atoms with van der Waals surface area (Å²) >= 11 is 0. The van der Waals surface area contributed by atoms with Crippen molar-refractivity contribution in [3.05, 3.63) is 30.1 Å². The van der Waals surface area contributed by atoms with E-state index in [9.17, 15) is 4.39 Å². The zero-order valence-corrected chi connectivity index (χ0v) is 13.8. The maximum Gasteiger partial charge on any atom is 0.165 e. The molecule has 1 aromatic rings. The van der Waals surface area contributed by atoms with Gasteiger partial charge in [0.2, 0.25) is 0 Å². The molecular weight excluding hydrogens is 295 g/mol. The second kappa shape index (κ2) is 8.08. The Labute approximate surface area is 137 Å². The fraction of sp³-hybridized carbons (Fsp3) is 0.667. The van der Waals surface area contributed by atoms with E-state index in [2.05, 4.69) is 10.6 Å². The number of morpholine rings is 1. The Morgan fingerprint density at radius 1 is 1.39 bits per heavy atom. The fourth-order valence-corrected chi connectivity index (χ4v) is 3.70. The van der Waals surface area contributed by atoms with Gasteiger partial charge in [0.05, 0.1) is 13.2 Å². The van der Waals surface area contributed by atoms with Gasteiger partial charge in [0, 0.05) is 25.2 Å². The van der Waals surface area contributed by atoms with Gasteiger partial charge in [-0.15, -0.1) is 0 Å². The summed E-state index contributed by atoms with van der Waals surface area (Å²) in [6.07, 6.45) is 3.61. The van der Waals surface area contributed by atoms with Crippen molar-refractivity contribution in [2.45, 2.75) is 44.4 Å². The van der Waals surface area contributed by atoms with E-state index in [4.69, 9.17) is 9.47 Å². The molecule has 4 atom stereocenters. The Bertz CT molecular complexity index is 494. The number of hydrogen-bond donors (Lipinski definition) is 2. The number of benzene rings is 1. The van der Waals surface area contributed by atoms with Gasteiger partial charge in [-0.05, 0) is 37.8 Å². The zero-order chi connectivity index (χ0) is 16.1. The summed E-state index contributed by atoms with van der Waals surface area (Å²) in [4.78, 5) is 0. The molecule has 1 saturated heterocycles. The van der Waals surface area contributed by atoms with Gasteiger partial charge in [-0.25, -0.2) is 4.39 Å². The van der Waals surface area contributed by atoms with Crippen LogP contribution in [0.2, 0.25) is 0 Å². The number of halogens is 1. The van der Waals surface area contributed by atoms with Gasteiger partial charge >= 0.3 is 0 Å². The lowest BCUT2D eigenvalue weighted by atomic mass is 9.94. The van der Waals surface area contributed by atoms with Gasteiger partial charge in [-0.3, -0.25) is 0 Å². The average Bonchev–Trinajstić information content (AvgIpc) is 3.04. The highest BCUT2D eigenvalue weighted by Gasteiger charge is 2.34. The van der Waals surface area contributed by atoms with Crippen molar-refractivity contribution in [1.82, 2.24) is 10.6 Å². The molecule has 0 radical (unpaired) electrons. The maximum absolute atomic E-state index is 13.6. The lowest BCUT2D eigenvalue weighted by Crippen LogP contribution is -2.51. The van der Waals surface area contributed by atoms with Crippen LogP contribution in [-0.4, -0.2) is 44.5 Å². The van der Waals surface area contributed by atoms with Gasteiger partial charge in [-0.2, -0.15) is 0 Å². The van der Waals surface area contributed by atoms with Crippen LogP contribution < -0.4 is 15.4 Å². The van der Waals surface area contributed by atoms with E-state index in [1.165, 1.54) is 25.3 Å². The molecule has 2 fully saturated rings. The summed E-state index contributed by atoms with van der Waals surface area (Å²) in [6.45, 7) is 5.27. The zero-order valence-electron chi connectivity index (χ0n) is 13.8. The van der Waals surface area contributed by atoms with E-state index in [0.29, 0.717) is 23.8 Å². The number of nitrogens with one attached hydrogen (secondary N) is 2. The summed E-state index contributed by atoms with van der Waals surface area (Å²) in [5.41, 5.74) is 0. The van der Waals surface area contributed by atoms with Crippen LogP contribution in [0.5, 0.6) is 5.75 Å². The summed E-state index contributed by atoms with van der Waals surface area (Å²) < 4.78 is 24.9. The molecular formula is C18H27FN2O2. The van der Waals surface area contributed by atoms with E-state index in [-0.39, 0.29) is 11.9 Å². The third kappa shape index (κ3) is 4.43. The van der Waals surface area contributed by atoms with Crippen LogP contribution in [0.4, 0.5) is 4.39 Å². The van der Waals surface area contributed by atoms with Gasteiger partial charge in [-0.1, -0.05) is 18.6 Å². The molecule has 1 aliphatic carbocycles. The molecule has 3 rings (SSSR count). The first-order valence-electron chi connectivity index (χ1n) is 8.69. The molecule has 4 nitrogen and oxygen atoms in total. The molecule has 128 valence electrons. The Kier molecular flexibility index (Phi) is 5.86. The quantitative estimate of drug-likeness (QED) is 0.844. The number of para-hydroxylation sites is 1. The summed E-state index contributed by atoms with van der Waals surface area (Å²) in [7, 11) is 0. The second-order valence-corrected chi connectivity index (χ2v) is 6.60. The number of ether oxygens (including phenoxy) is 2. The second-order valence-electron chi connectivity index (χ2n) is 6.60. The van der Waals surface area contributed by atoms with Crippen LogP contribution in [0, 0.1) is 11.7 Å². The van der Waals surface area contributed by atoms with Crippen molar-refractivity contribution in [2.24, 2.45) is 5.92 Å². The van der Waals surface area contributed by atoms with E-state index < -0.39 is 0 Å². The summed E-state index contributed by atoms with van der Waals surface area (Å²) in [6, 6.07) is 7.51. The van der Waals surface area contributed by atoms with Crippen molar-refractivity contribution < 1.29 is 13.9 Å². The normalized spacial score (nSPS) is 29.4.